The Labute approximate surface area is 138 Å². The van der Waals surface area contributed by atoms with E-state index in [1.54, 1.807) is 0 Å². The second kappa shape index (κ2) is 8.31. The second-order valence-corrected chi connectivity index (χ2v) is 6.37. The van der Waals surface area contributed by atoms with Crippen LogP contribution < -0.4 is 15.5 Å². The van der Waals surface area contributed by atoms with Gasteiger partial charge >= 0.3 is 0 Å². The van der Waals surface area contributed by atoms with Gasteiger partial charge in [0, 0.05) is 13.1 Å². The van der Waals surface area contributed by atoms with Crippen molar-refractivity contribution in [2.45, 2.75) is 38.2 Å². The lowest BCUT2D eigenvalue weighted by Crippen LogP contribution is -2.34. The van der Waals surface area contributed by atoms with Crippen molar-refractivity contribution < 1.29 is 9.53 Å². The summed E-state index contributed by atoms with van der Waals surface area (Å²) in [5.41, 5.74) is 2.02. The van der Waals surface area contributed by atoms with Gasteiger partial charge in [0.15, 0.2) is 0 Å². The molecule has 0 aromatic heterocycles. The van der Waals surface area contributed by atoms with Crippen molar-refractivity contribution in [2.75, 3.05) is 43.0 Å². The highest BCUT2D eigenvalue weighted by molar-refractivity contribution is 5.95. The Morgan fingerprint density at radius 3 is 2.70 bits per heavy atom. The summed E-state index contributed by atoms with van der Waals surface area (Å²) in [4.78, 5) is 14.6. The fraction of sp³-hybridized carbons (Fsp3) is 0.611. The van der Waals surface area contributed by atoms with Crippen LogP contribution in [0.4, 0.5) is 11.4 Å². The highest BCUT2D eigenvalue weighted by atomic mass is 16.5. The summed E-state index contributed by atoms with van der Waals surface area (Å²) in [6.07, 6.45) is 5.92. The monoisotopic (exact) mass is 317 g/mol. The molecule has 5 nitrogen and oxygen atoms in total. The zero-order chi connectivity index (χ0) is 15.9. The molecule has 0 spiro atoms. The van der Waals surface area contributed by atoms with Gasteiger partial charge in [-0.1, -0.05) is 12.1 Å². The maximum Gasteiger partial charge on any atom is 0.250 e. The van der Waals surface area contributed by atoms with E-state index in [1.807, 2.05) is 18.2 Å². The zero-order valence-electron chi connectivity index (χ0n) is 13.7. The number of ether oxygens (including phenoxy) is 1. The van der Waals surface area contributed by atoms with Gasteiger partial charge in [-0.15, -0.1) is 0 Å². The minimum absolute atomic E-state index is 0.0620. The predicted octanol–water partition coefficient (Wildman–Crippen LogP) is 2.38. The maximum atomic E-state index is 12.2. The first-order valence-corrected chi connectivity index (χ1v) is 8.79. The van der Waals surface area contributed by atoms with Crippen molar-refractivity contribution in [3.05, 3.63) is 24.3 Å². The number of benzene rings is 1. The number of anilines is 2. The molecule has 2 aliphatic heterocycles. The van der Waals surface area contributed by atoms with Crippen LogP contribution in [0.2, 0.25) is 0 Å². The van der Waals surface area contributed by atoms with Crippen LogP contribution in [0, 0.1) is 0 Å². The van der Waals surface area contributed by atoms with E-state index < -0.39 is 0 Å². The summed E-state index contributed by atoms with van der Waals surface area (Å²) in [6, 6.07) is 8.07. The van der Waals surface area contributed by atoms with Crippen LogP contribution in [-0.4, -0.2) is 44.8 Å². The quantitative estimate of drug-likeness (QED) is 0.875. The second-order valence-electron chi connectivity index (χ2n) is 6.37. The smallest absolute Gasteiger partial charge is 0.250 e. The minimum atomic E-state index is -0.0620. The first-order valence-electron chi connectivity index (χ1n) is 8.79. The van der Waals surface area contributed by atoms with Crippen LogP contribution in [0.3, 0.4) is 0 Å². The summed E-state index contributed by atoms with van der Waals surface area (Å²) >= 11 is 0. The molecule has 1 amide bonds. The number of piperidine rings is 2. The number of nitrogens with one attached hydrogen (secondary N) is 2. The first kappa shape index (κ1) is 16.3. The van der Waals surface area contributed by atoms with Crippen LogP contribution in [0.1, 0.15) is 32.1 Å². The minimum Gasteiger partial charge on any atom is -0.370 e. The van der Waals surface area contributed by atoms with Crippen LogP contribution in [0.15, 0.2) is 24.3 Å². The highest BCUT2D eigenvalue weighted by Gasteiger charge is 2.17. The first-order chi connectivity index (χ1) is 11.3. The normalized spacial score (nSPS) is 19.6. The number of carbonyl (C=O) groups excluding carboxylic acids is 1. The molecule has 126 valence electrons. The molecule has 3 rings (SSSR count). The van der Waals surface area contributed by atoms with Crippen molar-refractivity contribution in [1.82, 2.24) is 5.32 Å². The number of amides is 1. The number of hydrogen-bond acceptors (Lipinski definition) is 4. The SMILES string of the molecule is O=C(COC1CCNCC1)Nc1ccccc1N1CCCCC1. The van der Waals surface area contributed by atoms with Crippen LogP contribution in [0.25, 0.3) is 0 Å². The lowest BCUT2D eigenvalue weighted by molar-refractivity contribution is -0.123. The van der Waals surface area contributed by atoms with Crippen molar-refractivity contribution in [2.24, 2.45) is 0 Å². The van der Waals surface area contributed by atoms with Gasteiger partial charge in [-0.25, -0.2) is 0 Å². The van der Waals surface area contributed by atoms with Gasteiger partial charge in [0.2, 0.25) is 5.91 Å². The molecule has 1 aromatic carbocycles. The van der Waals surface area contributed by atoms with E-state index in [0.717, 1.165) is 50.4 Å². The third-order valence-corrected chi connectivity index (χ3v) is 4.61. The van der Waals surface area contributed by atoms with Gasteiger partial charge in [-0.05, 0) is 57.3 Å². The largest absolute Gasteiger partial charge is 0.370 e. The topological polar surface area (TPSA) is 53.6 Å². The molecule has 1 aromatic rings. The summed E-state index contributed by atoms with van der Waals surface area (Å²) in [6.45, 7) is 4.23. The summed E-state index contributed by atoms with van der Waals surface area (Å²) in [5.74, 6) is -0.0620. The summed E-state index contributed by atoms with van der Waals surface area (Å²) in [7, 11) is 0. The van der Waals surface area contributed by atoms with E-state index in [1.165, 1.54) is 19.3 Å². The molecule has 5 heteroatoms. The molecule has 0 saturated carbocycles. The summed E-state index contributed by atoms with van der Waals surface area (Å²) < 4.78 is 5.74. The molecule has 2 N–H and O–H groups in total. The van der Waals surface area contributed by atoms with Gasteiger partial charge in [-0.2, -0.15) is 0 Å². The Morgan fingerprint density at radius 1 is 1.17 bits per heavy atom. The number of para-hydroxylation sites is 2. The van der Waals surface area contributed by atoms with Gasteiger partial charge in [0.05, 0.1) is 17.5 Å². The number of rotatable bonds is 5. The molecule has 23 heavy (non-hydrogen) atoms. The average Bonchev–Trinajstić information content (AvgIpc) is 2.62. The van der Waals surface area contributed by atoms with E-state index in [-0.39, 0.29) is 18.6 Å². The molecule has 2 heterocycles. The molecule has 0 aliphatic carbocycles. The van der Waals surface area contributed by atoms with Crippen molar-refractivity contribution >= 4 is 17.3 Å². The Kier molecular flexibility index (Phi) is 5.88. The molecule has 0 unspecified atom stereocenters. The van der Waals surface area contributed by atoms with E-state index >= 15 is 0 Å². The van der Waals surface area contributed by atoms with Crippen LogP contribution in [0.5, 0.6) is 0 Å². The molecular weight excluding hydrogens is 290 g/mol. The third kappa shape index (κ3) is 4.69. The molecular formula is C18H27N3O2. The van der Waals surface area contributed by atoms with Gasteiger partial charge in [-0.3, -0.25) is 4.79 Å². The standard InChI is InChI=1S/C18H27N3O2/c22-18(14-23-15-8-10-19-11-9-15)20-16-6-2-3-7-17(16)21-12-4-1-5-13-21/h2-3,6-7,15,19H,1,4-5,8-14H2,(H,20,22). The average molecular weight is 317 g/mol. The Morgan fingerprint density at radius 2 is 1.91 bits per heavy atom. The number of nitrogens with zero attached hydrogens (tertiary/aromatic N) is 1. The third-order valence-electron chi connectivity index (χ3n) is 4.61. The van der Waals surface area contributed by atoms with Crippen molar-refractivity contribution in [1.29, 1.82) is 0 Å². The highest BCUT2D eigenvalue weighted by Crippen LogP contribution is 2.28. The van der Waals surface area contributed by atoms with E-state index in [9.17, 15) is 4.79 Å². The van der Waals surface area contributed by atoms with E-state index in [2.05, 4.69) is 21.6 Å². The Balaban J connectivity index is 1.55. The van der Waals surface area contributed by atoms with Gasteiger partial charge < -0.3 is 20.3 Å². The molecule has 2 saturated heterocycles. The Bertz CT molecular complexity index is 509. The zero-order valence-corrected chi connectivity index (χ0v) is 13.7. The lowest BCUT2D eigenvalue weighted by Gasteiger charge is -2.30. The fourth-order valence-corrected chi connectivity index (χ4v) is 3.33. The molecule has 2 fully saturated rings. The Hall–Kier alpha value is -1.59. The maximum absolute atomic E-state index is 12.2. The molecule has 2 aliphatic rings. The number of hydrogen-bond donors (Lipinski definition) is 2. The van der Waals surface area contributed by atoms with Crippen LogP contribution in [-0.2, 0) is 9.53 Å². The molecule has 0 atom stereocenters. The van der Waals surface area contributed by atoms with Gasteiger partial charge in [0.1, 0.15) is 6.61 Å². The van der Waals surface area contributed by atoms with E-state index in [4.69, 9.17) is 4.74 Å². The van der Waals surface area contributed by atoms with Gasteiger partial charge in [0.25, 0.3) is 0 Å². The molecule has 0 radical (unpaired) electrons. The summed E-state index contributed by atoms with van der Waals surface area (Å²) in [5, 5.41) is 6.33. The molecule has 0 bridgehead atoms. The number of carbonyl (C=O) groups is 1. The van der Waals surface area contributed by atoms with E-state index in [0.29, 0.717) is 0 Å². The lowest BCUT2D eigenvalue weighted by atomic mass is 10.1. The predicted molar refractivity (Wildman–Crippen MR) is 93.0 cm³/mol. The van der Waals surface area contributed by atoms with Crippen molar-refractivity contribution in [3.8, 4) is 0 Å². The van der Waals surface area contributed by atoms with Crippen LogP contribution >= 0.6 is 0 Å². The fourth-order valence-electron chi connectivity index (χ4n) is 3.33. The van der Waals surface area contributed by atoms with Crippen molar-refractivity contribution in [3.63, 3.8) is 0 Å².